The third kappa shape index (κ3) is 70.5. The Balaban J connectivity index is 5.24. The van der Waals surface area contributed by atoms with E-state index in [0.717, 1.165) is 108 Å². The van der Waals surface area contributed by atoms with E-state index >= 15 is 0 Å². The van der Waals surface area contributed by atoms with Crippen LogP contribution < -0.4 is 0 Å². The molecule has 19 heteroatoms. The van der Waals surface area contributed by atoms with Crippen LogP contribution in [-0.4, -0.2) is 96.7 Å². The van der Waals surface area contributed by atoms with Crippen LogP contribution in [-0.2, 0) is 65.4 Å². The second-order valence-electron chi connectivity index (χ2n) is 29.2. The summed E-state index contributed by atoms with van der Waals surface area (Å²) in [6, 6.07) is 0. The average molecular weight is 1410 g/mol. The second kappa shape index (κ2) is 67.5. The molecule has 0 aromatic heterocycles. The van der Waals surface area contributed by atoms with Crippen molar-refractivity contribution in [1.82, 2.24) is 0 Å². The number of carbonyl (C=O) groups excluding carboxylic acids is 4. The summed E-state index contributed by atoms with van der Waals surface area (Å²) in [5.41, 5.74) is 0. The second-order valence-corrected chi connectivity index (χ2v) is 32.1. The fourth-order valence-electron chi connectivity index (χ4n) is 11.8. The summed E-state index contributed by atoms with van der Waals surface area (Å²) in [6.45, 7) is 11.9. The van der Waals surface area contributed by atoms with Gasteiger partial charge in [0.25, 0.3) is 0 Å². The topological polar surface area (TPSA) is 237 Å². The third-order valence-electron chi connectivity index (χ3n) is 17.9. The number of ether oxygens (including phenoxy) is 4. The van der Waals surface area contributed by atoms with Gasteiger partial charge >= 0.3 is 39.5 Å². The molecule has 5 atom stereocenters. The zero-order chi connectivity index (χ0) is 70.9. The van der Waals surface area contributed by atoms with E-state index in [4.69, 9.17) is 37.0 Å². The summed E-state index contributed by atoms with van der Waals surface area (Å²) >= 11 is 0. The Bertz CT molecular complexity index is 1870. The van der Waals surface area contributed by atoms with Gasteiger partial charge in [0.05, 0.1) is 26.4 Å². The van der Waals surface area contributed by atoms with Crippen LogP contribution in [0.5, 0.6) is 0 Å². The first kappa shape index (κ1) is 94.1. The minimum Gasteiger partial charge on any atom is -0.462 e. The van der Waals surface area contributed by atoms with E-state index in [-0.39, 0.29) is 25.7 Å². The fourth-order valence-corrected chi connectivity index (χ4v) is 13.4. The van der Waals surface area contributed by atoms with Crippen LogP contribution in [0.3, 0.4) is 0 Å². The maximum absolute atomic E-state index is 13.1. The van der Waals surface area contributed by atoms with Gasteiger partial charge in [-0.25, -0.2) is 9.13 Å². The molecule has 0 saturated heterocycles. The monoisotopic (exact) mass is 1410 g/mol. The molecule has 0 spiro atoms. The van der Waals surface area contributed by atoms with Crippen LogP contribution >= 0.6 is 15.6 Å². The standard InChI is InChI=1S/C77H150O17P2/c1-8-9-10-11-12-13-14-25-31-38-46-53-60-76(81)94-73(65-88-75(80)59-52-45-40-33-36-43-50-57-70(6)7)67-92-96(85,86)90-63-71(78)62-89-95(83,84)91-66-72(93-77(82)61-54-47-39-32-27-22-18-16-20-24-29-35-42-49-56-69(4)5)64-87-74(79)58-51-44-37-30-26-21-17-15-19-23-28-34-41-48-55-68(2)3/h68-73,78H,8-67H2,1-7H3,(H,83,84)(H,85,86)/t71-,72-,73-/m1/s1. The molecule has 0 bridgehead atoms. The molecule has 96 heavy (non-hydrogen) atoms. The Morgan fingerprint density at radius 1 is 0.281 bits per heavy atom. The van der Waals surface area contributed by atoms with Crippen molar-refractivity contribution in [2.24, 2.45) is 17.8 Å². The molecular weight excluding hydrogens is 1260 g/mol. The Labute approximate surface area is 588 Å². The molecule has 3 N–H and O–H groups in total. The Kier molecular flexibility index (Phi) is 66.2. The molecule has 0 aromatic rings. The van der Waals surface area contributed by atoms with Gasteiger partial charge in [-0.05, 0) is 43.4 Å². The van der Waals surface area contributed by atoms with Crippen molar-refractivity contribution in [2.45, 2.75) is 414 Å². The lowest BCUT2D eigenvalue weighted by atomic mass is 10.0. The van der Waals surface area contributed by atoms with Gasteiger partial charge < -0.3 is 33.8 Å². The minimum atomic E-state index is -4.96. The molecule has 0 fully saturated rings. The van der Waals surface area contributed by atoms with Crippen molar-refractivity contribution < 1.29 is 80.2 Å². The number of hydrogen-bond acceptors (Lipinski definition) is 15. The highest BCUT2D eigenvalue weighted by Crippen LogP contribution is 2.45. The Morgan fingerprint density at radius 3 is 0.708 bits per heavy atom. The number of esters is 4. The predicted molar refractivity (Wildman–Crippen MR) is 391 cm³/mol. The van der Waals surface area contributed by atoms with Crippen molar-refractivity contribution in [1.29, 1.82) is 0 Å². The van der Waals surface area contributed by atoms with Gasteiger partial charge in [-0.3, -0.25) is 37.3 Å². The zero-order valence-corrected chi connectivity index (χ0v) is 64.6. The smallest absolute Gasteiger partial charge is 0.462 e. The lowest BCUT2D eigenvalue weighted by Crippen LogP contribution is -2.30. The van der Waals surface area contributed by atoms with Gasteiger partial charge in [-0.15, -0.1) is 0 Å². The molecule has 0 aromatic carbocycles. The molecule has 17 nitrogen and oxygen atoms in total. The van der Waals surface area contributed by atoms with E-state index in [1.807, 2.05) is 0 Å². The van der Waals surface area contributed by atoms with E-state index in [9.17, 15) is 43.2 Å². The van der Waals surface area contributed by atoms with E-state index < -0.39 is 97.5 Å². The predicted octanol–water partition coefficient (Wildman–Crippen LogP) is 22.6. The molecule has 0 aliphatic heterocycles. The van der Waals surface area contributed by atoms with Crippen LogP contribution in [0.15, 0.2) is 0 Å². The van der Waals surface area contributed by atoms with Gasteiger partial charge in [0, 0.05) is 25.7 Å². The van der Waals surface area contributed by atoms with Gasteiger partial charge in [0.2, 0.25) is 0 Å². The molecule has 570 valence electrons. The summed E-state index contributed by atoms with van der Waals surface area (Å²) < 4.78 is 68.5. The molecule has 0 aliphatic carbocycles. The van der Waals surface area contributed by atoms with Crippen molar-refractivity contribution in [3.8, 4) is 0 Å². The van der Waals surface area contributed by atoms with Crippen molar-refractivity contribution in [3.05, 3.63) is 0 Å². The fraction of sp³-hybridized carbons (Fsp3) is 0.948. The first-order chi connectivity index (χ1) is 46.2. The van der Waals surface area contributed by atoms with Crippen LogP contribution in [0.2, 0.25) is 0 Å². The van der Waals surface area contributed by atoms with E-state index in [1.165, 1.54) is 199 Å². The minimum absolute atomic E-state index is 0.106. The third-order valence-corrected chi connectivity index (χ3v) is 19.8. The Hall–Kier alpha value is -1.94. The number of unbranched alkanes of at least 4 members (excludes halogenated alkanes) is 43. The normalized spacial score (nSPS) is 14.1. The number of carbonyl (C=O) groups is 4. The number of rotatable bonds is 75. The van der Waals surface area contributed by atoms with Crippen LogP contribution in [0, 0.1) is 17.8 Å². The molecule has 0 saturated carbocycles. The van der Waals surface area contributed by atoms with Crippen molar-refractivity contribution >= 4 is 39.5 Å². The molecular formula is C77H150O17P2. The summed E-state index contributed by atoms with van der Waals surface area (Å²) in [7, 11) is -9.91. The number of aliphatic hydroxyl groups is 1. The van der Waals surface area contributed by atoms with Crippen molar-refractivity contribution in [3.63, 3.8) is 0 Å². The SMILES string of the molecule is CCCCCCCCCCCCCCC(=O)O[C@H](COC(=O)CCCCCCCCCC(C)C)COP(=O)(O)OC[C@H](O)COP(=O)(O)OC[C@@H](COC(=O)CCCCCCCCCCCCCCCCC(C)C)OC(=O)CCCCCCCCCCCCCCCCC(C)C. The van der Waals surface area contributed by atoms with Crippen molar-refractivity contribution in [2.75, 3.05) is 39.6 Å². The van der Waals surface area contributed by atoms with Gasteiger partial charge in [-0.1, -0.05) is 344 Å². The van der Waals surface area contributed by atoms with Crippen LogP contribution in [0.1, 0.15) is 395 Å². The lowest BCUT2D eigenvalue weighted by Gasteiger charge is -2.21. The highest BCUT2D eigenvalue weighted by Gasteiger charge is 2.30. The van der Waals surface area contributed by atoms with Gasteiger partial charge in [-0.2, -0.15) is 0 Å². The summed E-state index contributed by atoms with van der Waals surface area (Å²) in [5.74, 6) is 0.184. The molecule has 2 unspecified atom stereocenters. The zero-order valence-electron chi connectivity index (χ0n) is 62.8. The first-order valence-electron chi connectivity index (χ1n) is 39.8. The maximum Gasteiger partial charge on any atom is 0.472 e. The number of aliphatic hydroxyl groups excluding tert-OH is 1. The number of phosphoric acid groups is 2. The van der Waals surface area contributed by atoms with Crippen LogP contribution in [0.4, 0.5) is 0 Å². The van der Waals surface area contributed by atoms with E-state index in [2.05, 4.69) is 48.5 Å². The molecule has 0 rings (SSSR count). The number of hydrogen-bond donors (Lipinski definition) is 3. The summed E-state index contributed by atoms with van der Waals surface area (Å²) in [4.78, 5) is 72.8. The largest absolute Gasteiger partial charge is 0.472 e. The molecule has 0 amide bonds. The van der Waals surface area contributed by atoms with Gasteiger partial charge in [0.15, 0.2) is 12.2 Å². The Morgan fingerprint density at radius 2 is 0.479 bits per heavy atom. The molecule has 0 heterocycles. The summed E-state index contributed by atoms with van der Waals surface area (Å²) in [6.07, 6.45) is 54.1. The van der Waals surface area contributed by atoms with Gasteiger partial charge in [0.1, 0.15) is 19.3 Å². The quantitative estimate of drug-likeness (QED) is 0.0222. The highest BCUT2D eigenvalue weighted by atomic mass is 31.2. The van der Waals surface area contributed by atoms with E-state index in [0.29, 0.717) is 31.6 Å². The highest BCUT2D eigenvalue weighted by molar-refractivity contribution is 7.47. The first-order valence-corrected chi connectivity index (χ1v) is 42.8. The van der Waals surface area contributed by atoms with Crippen LogP contribution in [0.25, 0.3) is 0 Å². The maximum atomic E-state index is 13.1. The lowest BCUT2D eigenvalue weighted by molar-refractivity contribution is -0.161. The summed E-state index contributed by atoms with van der Waals surface area (Å²) in [5, 5.41) is 10.6. The molecule has 0 radical (unpaired) electrons. The number of phosphoric ester groups is 2. The average Bonchev–Trinajstić information content (AvgIpc) is 2.38. The molecule has 0 aliphatic rings. The van der Waals surface area contributed by atoms with E-state index in [1.54, 1.807) is 0 Å².